The predicted octanol–water partition coefficient (Wildman–Crippen LogP) is 3.19. The summed E-state index contributed by atoms with van der Waals surface area (Å²) in [4.78, 5) is 2.50. The molecule has 0 bridgehead atoms. The van der Waals surface area contributed by atoms with Crippen LogP contribution in [-0.2, 0) is 0 Å². The third-order valence-electron chi connectivity index (χ3n) is 5.42. The molecule has 2 aliphatic rings. The first-order valence-corrected chi connectivity index (χ1v) is 7.56. The van der Waals surface area contributed by atoms with Gasteiger partial charge in [-0.05, 0) is 57.0 Å². The summed E-state index contributed by atoms with van der Waals surface area (Å²) in [5, 5.41) is 10.4. The zero-order valence-electron chi connectivity index (χ0n) is 11.7. The van der Waals surface area contributed by atoms with Crippen molar-refractivity contribution in [2.75, 3.05) is 19.6 Å². The van der Waals surface area contributed by atoms with E-state index in [0.29, 0.717) is 5.41 Å². The fourth-order valence-electron chi connectivity index (χ4n) is 3.70. The Hall–Kier alpha value is -0.0800. The number of likely N-dealkylation sites (tertiary alicyclic amines) is 1. The van der Waals surface area contributed by atoms with Gasteiger partial charge in [-0.3, -0.25) is 0 Å². The summed E-state index contributed by atoms with van der Waals surface area (Å²) in [6.45, 7) is 7.51. The molecular weight excluding hydrogens is 210 g/mol. The van der Waals surface area contributed by atoms with E-state index >= 15 is 0 Å². The van der Waals surface area contributed by atoms with E-state index < -0.39 is 5.60 Å². The lowest BCUT2D eigenvalue weighted by Gasteiger charge is -2.42. The lowest BCUT2D eigenvalue weighted by Crippen LogP contribution is -2.47. The fraction of sp³-hybridized carbons (Fsp3) is 1.00. The van der Waals surface area contributed by atoms with Crippen LogP contribution >= 0.6 is 0 Å². The minimum Gasteiger partial charge on any atom is -0.389 e. The Labute approximate surface area is 106 Å². The zero-order chi connectivity index (χ0) is 12.4. The van der Waals surface area contributed by atoms with Crippen molar-refractivity contribution in [2.24, 2.45) is 5.41 Å². The lowest BCUT2D eigenvalue weighted by atomic mass is 9.77. The molecule has 1 aliphatic carbocycles. The van der Waals surface area contributed by atoms with Gasteiger partial charge in [-0.25, -0.2) is 0 Å². The molecule has 0 aromatic carbocycles. The van der Waals surface area contributed by atoms with Crippen molar-refractivity contribution < 1.29 is 5.11 Å². The van der Waals surface area contributed by atoms with Crippen molar-refractivity contribution in [1.82, 2.24) is 4.90 Å². The lowest BCUT2D eigenvalue weighted by molar-refractivity contribution is -0.0199. The van der Waals surface area contributed by atoms with Crippen LogP contribution in [0.2, 0.25) is 0 Å². The third-order valence-corrected chi connectivity index (χ3v) is 5.42. The summed E-state index contributed by atoms with van der Waals surface area (Å²) in [5.74, 6) is 0. The van der Waals surface area contributed by atoms with Crippen molar-refractivity contribution in [3.8, 4) is 0 Å². The Morgan fingerprint density at radius 2 is 1.53 bits per heavy atom. The first-order valence-electron chi connectivity index (χ1n) is 7.56. The number of hydrogen-bond donors (Lipinski definition) is 1. The third kappa shape index (κ3) is 3.03. The van der Waals surface area contributed by atoms with E-state index in [2.05, 4.69) is 18.7 Å². The number of aliphatic hydroxyl groups is 1. The molecule has 17 heavy (non-hydrogen) atoms. The van der Waals surface area contributed by atoms with Gasteiger partial charge >= 0.3 is 0 Å². The van der Waals surface area contributed by atoms with Crippen LogP contribution < -0.4 is 0 Å². The maximum Gasteiger partial charge on any atom is 0.0768 e. The van der Waals surface area contributed by atoms with Crippen molar-refractivity contribution in [1.29, 1.82) is 0 Å². The van der Waals surface area contributed by atoms with E-state index in [1.54, 1.807) is 0 Å². The summed E-state index contributed by atoms with van der Waals surface area (Å²) in [5.41, 5.74) is 0.257. The molecule has 2 nitrogen and oxygen atoms in total. The van der Waals surface area contributed by atoms with Crippen molar-refractivity contribution >= 4 is 0 Å². The van der Waals surface area contributed by atoms with Gasteiger partial charge in [0.05, 0.1) is 5.60 Å². The van der Waals surface area contributed by atoms with Crippen LogP contribution in [0.25, 0.3) is 0 Å². The predicted molar refractivity (Wildman–Crippen MR) is 72.1 cm³/mol. The Bertz CT molecular complexity index is 231. The second kappa shape index (κ2) is 5.27. The Kier molecular flexibility index (Phi) is 4.14. The molecule has 0 aromatic heterocycles. The molecule has 1 heterocycles. The minimum absolute atomic E-state index is 0.444. The highest BCUT2D eigenvalue weighted by molar-refractivity contribution is 4.91. The molecule has 2 fully saturated rings. The van der Waals surface area contributed by atoms with Crippen LogP contribution in [-0.4, -0.2) is 35.2 Å². The highest BCUT2D eigenvalue weighted by atomic mass is 16.3. The maximum atomic E-state index is 10.4. The van der Waals surface area contributed by atoms with E-state index in [1.165, 1.54) is 51.6 Å². The van der Waals surface area contributed by atoms with Gasteiger partial charge in [0.1, 0.15) is 0 Å². The van der Waals surface area contributed by atoms with Gasteiger partial charge in [0, 0.05) is 6.54 Å². The molecule has 2 rings (SSSR count). The minimum atomic E-state index is -0.444. The van der Waals surface area contributed by atoms with Gasteiger partial charge in [0.15, 0.2) is 0 Å². The molecule has 100 valence electrons. The molecule has 1 aliphatic heterocycles. The molecule has 2 heteroatoms. The molecule has 1 saturated carbocycles. The molecule has 0 atom stereocenters. The van der Waals surface area contributed by atoms with Gasteiger partial charge in [-0.15, -0.1) is 0 Å². The fourth-order valence-corrected chi connectivity index (χ4v) is 3.70. The van der Waals surface area contributed by atoms with Crippen LogP contribution in [0.15, 0.2) is 0 Å². The van der Waals surface area contributed by atoms with E-state index in [1.807, 2.05) is 0 Å². The van der Waals surface area contributed by atoms with E-state index in [-0.39, 0.29) is 0 Å². The summed E-state index contributed by atoms with van der Waals surface area (Å²) in [7, 11) is 0. The number of piperidine rings is 1. The zero-order valence-corrected chi connectivity index (χ0v) is 11.7. The molecule has 0 amide bonds. The molecule has 0 aromatic rings. The van der Waals surface area contributed by atoms with Crippen molar-refractivity contribution in [2.45, 2.75) is 70.8 Å². The smallest absolute Gasteiger partial charge is 0.0768 e. The summed E-state index contributed by atoms with van der Waals surface area (Å²) in [6.07, 6.45) is 10.3. The highest BCUT2D eigenvalue weighted by Crippen LogP contribution is 2.46. The van der Waals surface area contributed by atoms with Crippen LogP contribution in [0.4, 0.5) is 0 Å². The topological polar surface area (TPSA) is 23.5 Å². The summed E-state index contributed by atoms with van der Waals surface area (Å²) in [6, 6.07) is 0. The quantitative estimate of drug-likeness (QED) is 0.814. The Balaban J connectivity index is 1.82. The van der Waals surface area contributed by atoms with Gasteiger partial charge in [-0.2, -0.15) is 0 Å². The van der Waals surface area contributed by atoms with Gasteiger partial charge in [0.2, 0.25) is 0 Å². The summed E-state index contributed by atoms with van der Waals surface area (Å²) >= 11 is 0. The van der Waals surface area contributed by atoms with Crippen LogP contribution in [0.5, 0.6) is 0 Å². The Morgan fingerprint density at radius 1 is 1.00 bits per heavy atom. The van der Waals surface area contributed by atoms with Crippen molar-refractivity contribution in [3.63, 3.8) is 0 Å². The standard InChI is InChI=1S/C15H29NO/c1-3-15(17,4-2)13-16-11-9-14(10-12-16)7-5-6-8-14/h17H,3-13H2,1-2H3. The maximum absolute atomic E-state index is 10.4. The van der Waals surface area contributed by atoms with E-state index in [9.17, 15) is 5.11 Å². The monoisotopic (exact) mass is 239 g/mol. The van der Waals surface area contributed by atoms with Crippen LogP contribution in [0.1, 0.15) is 65.2 Å². The molecule has 1 saturated heterocycles. The van der Waals surface area contributed by atoms with Crippen LogP contribution in [0, 0.1) is 5.41 Å². The van der Waals surface area contributed by atoms with Crippen molar-refractivity contribution in [3.05, 3.63) is 0 Å². The van der Waals surface area contributed by atoms with Gasteiger partial charge < -0.3 is 10.0 Å². The normalized spacial score (nSPS) is 25.6. The first kappa shape index (κ1) is 13.4. The van der Waals surface area contributed by atoms with Gasteiger partial charge in [0.25, 0.3) is 0 Å². The molecular formula is C15H29NO. The number of hydrogen-bond acceptors (Lipinski definition) is 2. The Morgan fingerprint density at radius 3 is 2.00 bits per heavy atom. The number of β-amino-alcohol motifs (C(OH)–C–C–N with tert-alkyl or cyclic N) is 1. The largest absolute Gasteiger partial charge is 0.389 e. The average Bonchev–Trinajstić information content (AvgIpc) is 2.81. The molecule has 1 N–H and O–H groups in total. The van der Waals surface area contributed by atoms with Crippen LogP contribution in [0.3, 0.4) is 0 Å². The summed E-state index contributed by atoms with van der Waals surface area (Å²) < 4.78 is 0. The van der Waals surface area contributed by atoms with Gasteiger partial charge in [-0.1, -0.05) is 26.7 Å². The first-order chi connectivity index (χ1) is 8.11. The molecule has 0 unspecified atom stereocenters. The second-order valence-corrected chi connectivity index (χ2v) is 6.41. The highest BCUT2D eigenvalue weighted by Gasteiger charge is 2.38. The molecule has 1 spiro atoms. The average molecular weight is 239 g/mol. The number of rotatable bonds is 4. The second-order valence-electron chi connectivity index (χ2n) is 6.41. The van der Waals surface area contributed by atoms with E-state index in [0.717, 1.165) is 19.4 Å². The molecule has 0 radical (unpaired) electrons. The SMILES string of the molecule is CCC(O)(CC)CN1CCC2(CCCC2)CC1. The van der Waals surface area contributed by atoms with E-state index in [4.69, 9.17) is 0 Å². The number of nitrogens with zero attached hydrogens (tertiary/aromatic N) is 1.